The van der Waals surface area contributed by atoms with Gasteiger partial charge in [-0.15, -0.1) is 0 Å². The van der Waals surface area contributed by atoms with Crippen molar-refractivity contribution >= 4 is 23.9 Å². The molecule has 0 aromatic carbocycles. The Morgan fingerprint density at radius 3 is 1.27 bits per heavy atom. The molecule has 0 aromatic rings. The maximum Gasteiger partial charge on any atom is 0.335 e. The quantitative estimate of drug-likeness (QED) is 0.0228. The van der Waals surface area contributed by atoms with Gasteiger partial charge in [-0.05, 0) is 116 Å². The number of aliphatic hydroxyl groups excluding tert-OH is 2. The Bertz CT molecular complexity index is 1750. The number of unbranched alkanes of at least 4 members (excludes halogenated alkanes) is 17. The molecule has 0 spiro atoms. The maximum atomic E-state index is 13.2. The highest BCUT2D eigenvalue weighted by Crippen LogP contribution is 2.26. The fraction of sp³-hybridized carbons (Fsp3) is 0.662. The van der Waals surface area contributed by atoms with Crippen LogP contribution >= 0.6 is 0 Å². The molecule has 3 N–H and O–H groups in total. The summed E-state index contributed by atoms with van der Waals surface area (Å²) in [5, 5.41) is 31.4. The van der Waals surface area contributed by atoms with Gasteiger partial charge in [0.2, 0.25) is 0 Å². The minimum absolute atomic E-state index is 0.0403. The second kappa shape index (κ2) is 52.1. The molecule has 12 nitrogen and oxygen atoms in total. The molecule has 0 saturated carbocycles. The van der Waals surface area contributed by atoms with Crippen LogP contribution in [0.3, 0.4) is 0 Å². The normalized spacial score (nSPS) is 18.8. The largest absolute Gasteiger partial charge is 0.479 e. The van der Waals surface area contributed by atoms with E-state index in [9.17, 15) is 34.5 Å². The van der Waals surface area contributed by atoms with E-state index in [1.165, 1.54) is 12.8 Å². The number of aliphatic hydroxyl groups is 2. The summed E-state index contributed by atoms with van der Waals surface area (Å²) in [6, 6.07) is 0. The molecule has 0 aromatic heterocycles. The zero-order valence-electron chi connectivity index (χ0n) is 47.9. The van der Waals surface area contributed by atoms with Gasteiger partial charge in [0, 0.05) is 19.3 Å². The van der Waals surface area contributed by atoms with E-state index in [4.69, 9.17) is 23.7 Å². The Hall–Kier alpha value is -4.62. The second-order valence-corrected chi connectivity index (χ2v) is 19.9. The van der Waals surface area contributed by atoms with Crippen LogP contribution in [0.5, 0.6) is 0 Å². The Balaban J connectivity index is 2.72. The predicted octanol–water partition coefficient (Wildman–Crippen LogP) is 15.4. The first-order chi connectivity index (χ1) is 37.6. The number of esters is 3. The highest BCUT2D eigenvalue weighted by Gasteiger charge is 2.50. The number of rotatable bonds is 49. The van der Waals surface area contributed by atoms with Crippen LogP contribution in [0.2, 0.25) is 0 Å². The smallest absolute Gasteiger partial charge is 0.335 e. The minimum Gasteiger partial charge on any atom is -0.479 e. The summed E-state index contributed by atoms with van der Waals surface area (Å²) in [6.07, 6.45) is 57.7. The van der Waals surface area contributed by atoms with Crippen LogP contribution in [-0.4, -0.2) is 89.2 Å². The van der Waals surface area contributed by atoms with Crippen molar-refractivity contribution in [3.8, 4) is 0 Å². The molecule has 1 fully saturated rings. The molecular formula is C65H104O12. The summed E-state index contributed by atoms with van der Waals surface area (Å²) >= 11 is 0. The van der Waals surface area contributed by atoms with Crippen molar-refractivity contribution in [2.45, 2.75) is 263 Å². The van der Waals surface area contributed by atoms with Crippen LogP contribution < -0.4 is 0 Å². The van der Waals surface area contributed by atoms with Crippen LogP contribution in [0, 0.1) is 0 Å². The van der Waals surface area contributed by atoms with E-state index in [1.807, 2.05) is 0 Å². The Morgan fingerprint density at radius 1 is 0.442 bits per heavy atom. The highest BCUT2D eigenvalue weighted by atomic mass is 16.7. The standard InChI is InChI=1S/C65H104O12/c1-4-7-10-13-16-19-22-24-26-28-29-31-32-34-37-39-42-45-48-51-57(66)73-54-56(75-58(67)52-49-46-43-41-38-35-33-30-27-25-23-20-17-14-11-8-5-2)55-74-65-63(61(70)60(69)62(77-65)64(71)72)76-59(68)53-50-47-44-40-36-21-18-15-12-9-6-3/h7-8,10-11,15-20,24-27,29,31,34,37,56,60-63,65,69-70H,4-6,9,12-14,21-23,28,30,32-33,35-36,38-55H2,1-3H3,(H,71,72)/b10-7-,11-8-,18-15-,19-16-,20-17-,26-24-,27-25-,31-29-,37-34-. The van der Waals surface area contributed by atoms with Gasteiger partial charge in [0.15, 0.2) is 24.6 Å². The van der Waals surface area contributed by atoms with E-state index >= 15 is 0 Å². The Morgan fingerprint density at radius 2 is 0.818 bits per heavy atom. The molecule has 1 heterocycles. The molecule has 0 amide bonds. The number of ether oxygens (including phenoxy) is 5. The summed E-state index contributed by atoms with van der Waals surface area (Å²) in [7, 11) is 0. The van der Waals surface area contributed by atoms with E-state index in [1.54, 1.807) is 0 Å². The van der Waals surface area contributed by atoms with E-state index < -0.39 is 67.3 Å². The molecule has 6 unspecified atom stereocenters. The van der Waals surface area contributed by atoms with E-state index in [2.05, 4.69) is 130 Å². The number of allylic oxidation sites excluding steroid dienone is 18. The van der Waals surface area contributed by atoms with Crippen molar-refractivity contribution in [3.63, 3.8) is 0 Å². The number of carbonyl (C=O) groups is 4. The van der Waals surface area contributed by atoms with Crippen molar-refractivity contribution in [2.24, 2.45) is 0 Å². The third-order valence-corrected chi connectivity index (χ3v) is 12.8. The molecule has 1 saturated heterocycles. The van der Waals surface area contributed by atoms with Crippen molar-refractivity contribution in [2.75, 3.05) is 13.2 Å². The van der Waals surface area contributed by atoms with Gasteiger partial charge in [-0.25, -0.2) is 4.79 Å². The van der Waals surface area contributed by atoms with Gasteiger partial charge in [-0.1, -0.05) is 201 Å². The van der Waals surface area contributed by atoms with Gasteiger partial charge < -0.3 is 39.0 Å². The van der Waals surface area contributed by atoms with Crippen molar-refractivity contribution in [3.05, 3.63) is 109 Å². The van der Waals surface area contributed by atoms with Gasteiger partial charge in [0.05, 0.1) is 6.61 Å². The summed E-state index contributed by atoms with van der Waals surface area (Å²) in [4.78, 5) is 51.1. The van der Waals surface area contributed by atoms with E-state index in [-0.39, 0.29) is 25.9 Å². The number of carboxylic acid groups (broad SMARTS) is 1. The zero-order valence-corrected chi connectivity index (χ0v) is 47.9. The number of carboxylic acids is 1. The molecule has 0 bridgehead atoms. The van der Waals surface area contributed by atoms with E-state index in [0.717, 1.165) is 154 Å². The minimum atomic E-state index is -1.92. The molecular weight excluding hydrogens is 973 g/mol. The summed E-state index contributed by atoms with van der Waals surface area (Å²) < 4.78 is 28.4. The molecule has 0 radical (unpaired) electrons. The molecule has 77 heavy (non-hydrogen) atoms. The Kier molecular flexibility index (Phi) is 47.6. The van der Waals surface area contributed by atoms with Crippen LogP contribution in [0.4, 0.5) is 0 Å². The van der Waals surface area contributed by atoms with E-state index in [0.29, 0.717) is 19.3 Å². The average Bonchev–Trinajstić information content (AvgIpc) is 3.42. The fourth-order valence-electron chi connectivity index (χ4n) is 8.27. The van der Waals surface area contributed by atoms with Gasteiger partial charge in [0.1, 0.15) is 18.8 Å². The number of carbonyl (C=O) groups excluding carboxylic acids is 3. The van der Waals surface area contributed by atoms with Crippen LogP contribution in [0.25, 0.3) is 0 Å². The first-order valence-electron chi connectivity index (χ1n) is 29.9. The fourth-order valence-corrected chi connectivity index (χ4v) is 8.27. The molecule has 12 heteroatoms. The van der Waals surface area contributed by atoms with Crippen molar-refractivity contribution in [1.82, 2.24) is 0 Å². The van der Waals surface area contributed by atoms with Crippen LogP contribution in [0.15, 0.2) is 109 Å². The molecule has 1 aliphatic rings. The topological polar surface area (TPSA) is 175 Å². The molecule has 436 valence electrons. The molecule has 6 atom stereocenters. The third kappa shape index (κ3) is 42.1. The van der Waals surface area contributed by atoms with Crippen LogP contribution in [-0.2, 0) is 42.9 Å². The van der Waals surface area contributed by atoms with Crippen LogP contribution in [0.1, 0.15) is 226 Å². The molecule has 1 aliphatic heterocycles. The summed E-state index contributed by atoms with van der Waals surface area (Å²) in [5.74, 6) is -3.20. The van der Waals surface area contributed by atoms with Crippen molar-refractivity contribution in [1.29, 1.82) is 0 Å². The van der Waals surface area contributed by atoms with Gasteiger partial charge in [-0.3, -0.25) is 14.4 Å². The van der Waals surface area contributed by atoms with Crippen molar-refractivity contribution < 1.29 is 58.2 Å². The highest BCUT2D eigenvalue weighted by molar-refractivity contribution is 5.74. The second-order valence-electron chi connectivity index (χ2n) is 19.9. The first-order valence-corrected chi connectivity index (χ1v) is 29.9. The molecule has 1 rings (SSSR count). The number of hydrogen-bond acceptors (Lipinski definition) is 11. The SMILES string of the molecule is CC/C=C\C/C=C\C/C=C\C/C=C\C/C=C\CCCCCC(=O)OCC(COC1OC(C(=O)O)C(O)C(O)C1OC(=O)CCCCCCC/C=C\CCCC)OC(=O)CCCCCCCCC/C=C\C/C=C\C/C=C\CC. The number of hydrogen-bond donors (Lipinski definition) is 3. The monoisotopic (exact) mass is 1080 g/mol. The Labute approximate surface area is 465 Å². The zero-order chi connectivity index (χ0) is 56.1. The maximum absolute atomic E-state index is 13.2. The lowest BCUT2D eigenvalue weighted by Crippen LogP contribution is -2.61. The first kappa shape index (κ1) is 70.4. The lowest BCUT2D eigenvalue weighted by molar-refractivity contribution is -0.301. The predicted molar refractivity (Wildman–Crippen MR) is 312 cm³/mol. The van der Waals surface area contributed by atoms with Gasteiger partial charge in [-0.2, -0.15) is 0 Å². The number of aliphatic carboxylic acids is 1. The summed E-state index contributed by atoms with van der Waals surface area (Å²) in [5.41, 5.74) is 0. The van der Waals surface area contributed by atoms with Gasteiger partial charge in [0.25, 0.3) is 0 Å². The average molecular weight is 1080 g/mol. The van der Waals surface area contributed by atoms with Gasteiger partial charge >= 0.3 is 23.9 Å². The lowest BCUT2D eigenvalue weighted by Gasteiger charge is -2.40. The summed E-state index contributed by atoms with van der Waals surface area (Å²) in [6.45, 7) is 5.67. The molecule has 0 aliphatic carbocycles. The lowest BCUT2D eigenvalue weighted by atomic mass is 9.98. The third-order valence-electron chi connectivity index (χ3n) is 12.8.